The van der Waals surface area contributed by atoms with Gasteiger partial charge in [-0.3, -0.25) is 4.90 Å². The van der Waals surface area contributed by atoms with Crippen molar-refractivity contribution in [3.63, 3.8) is 0 Å². The van der Waals surface area contributed by atoms with E-state index in [1.54, 1.807) is 0 Å². The molecule has 2 aliphatic rings. The van der Waals surface area contributed by atoms with Gasteiger partial charge >= 0.3 is 5.97 Å². The highest BCUT2D eigenvalue weighted by Gasteiger charge is 2.52. The number of ether oxygens (including phenoxy) is 2. The fourth-order valence-electron chi connectivity index (χ4n) is 3.55. The standard InChI is InChI=1S/C16H30N2O3/c1-5-17-16(14-7-8-14,15(19)20-6-2)11-18-9-12(3)21-13(4)10-18/h12-14,17H,5-11H2,1-4H3. The molecule has 122 valence electrons. The molecule has 0 aromatic carbocycles. The van der Waals surface area contributed by atoms with Gasteiger partial charge in [0.05, 0.1) is 18.8 Å². The molecule has 1 N–H and O–H groups in total. The topological polar surface area (TPSA) is 50.8 Å². The fourth-order valence-corrected chi connectivity index (χ4v) is 3.55. The minimum Gasteiger partial charge on any atom is -0.465 e. The lowest BCUT2D eigenvalue weighted by Crippen LogP contribution is -2.63. The summed E-state index contributed by atoms with van der Waals surface area (Å²) in [4.78, 5) is 15.0. The molecular weight excluding hydrogens is 268 g/mol. The molecular formula is C16H30N2O3. The Morgan fingerprint density at radius 1 is 1.29 bits per heavy atom. The number of carbonyl (C=O) groups excluding carboxylic acids is 1. The summed E-state index contributed by atoms with van der Waals surface area (Å²) < 4.78 is 11.2. The second-order valence-electron chi connectivity index (χ2n) is 6.45. The molecule has 3 unspecified atom stereocenters. The molecule has 3 atom stereocenters. The van der Waals surface area contributed by atoms with E-state index in [4.69, 9.17) is 9.47 Å². The average Bonchev–Trinajstić information content (AvgIpc) is 3.21. The Bertz CT molecular complexity index is 349. The van der Waals surface area contributed by atoms with Crippen LogP contribution < -0.4 is 5.32 Å². The van der Waals surface area contributed by atoms with E-state index >= 15 is 0 Å². The molecule has 5 heteroatoms. The number of hydrogen-bond donors (Lipinski definition) is 1. The number of esters is 1. The number of likely N-dealkylation sites (N-methyl/N-ethyl adjacent to an activating group) is 1. The van der Waals surface area contributed by atoms with Crippen LogP contribution in [0, 0.1) is 5.92 Å². The number of rotatable bonds is 7. The highest BCUT2D eigenvalue weighted by atomic mass is 16.5. The van der Waals surface area contributed by atoms with Crippen LogP contribution in [0.15, 0.2) is 0 Å². The van der Waals surface area contributed by atoms with Crippen molar-refractivity contribution >= 4 is 5.97 Å². The Hall–Kier alpha value is -0.650. The second-order valence-corrected chi connectivity index (χ2v) is 6.45. The Morgan fingerprint density at radius 3 is 2.38 bits per heavy atom. The van der Waals surface area contributed by atoms with Gasteiger partial charge in [0.2, 0.25) is 0 Å². The van der Waals surface area contributed by atoms with Crippen LogP contribution in [0.2, 0.25) is 0 Å². The molecule has 1 saturated heterocycles. The Kier molecular flexibility index (Phi) is 5.63. The van der Waals surface area contributed by atoms with Crippen molar-refractivity contribution in [3.8, 4) is 0 Å². The lowest BCUT2D eigenvalue weighted by molar-refractivity contribution is -0.155. The van der Waals surface area contributed by atoms with Crippen LogP contribution in [0.4, 0.5) is 0 Å². The van der Waals surface area contributed by atoms with E-state index in [-0.39, 0.29) is 18.2 Å². The van der Waals surface area contributed by atoms with E-state index in [0.717, 1.165) is 39.0 Å². The maximum atomic E-state index is 12.6. The van der Waals surface area contributed by atoms with E-state index < -0.39 is 5.54 Å². The third-order valence-electron chi connectivity index (χ3n) is 4.37. The smallest absolute Gasteiger partial charge is 0.327 e. The van der Waals surface area contributed by atoms with Gasteiger partial charge < -0.3 is 14.8 Å². The molecule has 0 spiro atoms. The van der Waals surface area contributed by atoms with E-state index in [9.17, 15) is 4.79 Å². The molecule has 1 aliphatic heterocycles. The molecule has 2 fully saturated rings. The second kappa shape index (κ2) is 7.07. The monoisotopic (exact) mass is 298 g/mol. The van der Waals surface area contributed by atoms with Gasteiger partial charge in [0.25, 0.3) is 0 Å². The molecule has 0 amide bonds. The lowest BCUT2D eigenvalue weighted by atomic mass is 9.91. The van der Waals surface area contributed by atoms with Crippen LogP contribution in [-0.2, 0) is 14.3 Å². The van der Waals surface area contributed by atoms with Crippen LogP contribution in [0.25, 0.3) is 0 Å². The number of nitrogens with one attached hydrogen (secondary N) is 1. The van der Waals surface area contributed by atoms with Crippen molar-refractivity contribution in [1.29, 1.82) is 0 Å². The fraction of sp³-hybridized carbons (Fsp3) is 0.938. The molecule has 2 rings (SSSR count). The lowest BCUT2D eigenvalue weighted by Gasteiger charge is -2.42. The zero-order valence-electron chi connectivity index (χ0n) is 13.9. The highest BCUT2D eigenvalue weighted by Crippen LogP contribution is 2.41. The zero-order chi connectivity index (χ0) is 15.5. The number of nitrogens with zero attached hydrogens (tertiary/aromatic N) is 1. The van der Waals surface area contributed by atoms with Crippen molar-refractivity contribution in [2.24, 2.45) is 5.92 Å². The van der Waals surface area contributed by atoms with E-state index in [1.807, 2.05) is 6.92 Å². The molecule has 5 nitrogen and oxygen atoms in total. The van der Waals surface area contributed by atoms with E-state index in [0.29, 0.717) is 12.5 Å². The van der Waals surface area contributed by atoms with Gasteiger partial charge in [-0.05, 0) is 46.1 Å². The third-order valence-corrected chi connectivity index (χ3v) is 4.37. The summed E-state index contributed by atoms with van der Waals surface area (Å²) >= 11 is 0. The highest BCUT2D eigenvalue weighted by molar-refractivity contribution is 5.82. The first-order valence-corrected chi connectivity index (χ1v) is 8.31. The van der Waals surface area contributed by atoms with Crippen LogP contribution in [0.5, 0.6) is 0 Å². The quantitative estimate of drug-likeness (QED) is 0.720. The molecule has 0 aromatic heterocycles. The van der Waals surface area contributed by atoms with Crippen molar-refractivity contribution in [1.82, 2.24) is 10.2 Å². The van der Waals surface area contributed by atoms with Crippen LogP contribution in [-0.4, -0.2) is 61.4 Å². The van der Waals surface area contributed by atoms with E-state index in [1.165, 1.54) is 0 Å². The summed E-state index contributed by atoms with van der Waals surface area (Å²) in [5, 5.41) is 3.46. The summed E-state index contributed by atoms with van der Waals surface area (Å²) in [6.45, 7) is 11.8. The van der Waals surface area contributed by atoms with Crippen molar-refractivity contribution in [2.75, 3.05) is 32.8 Å². The summed E-state index contributed by atoms with van der Waals surface area (Å²) in [6, 6.07) is 0. The minimum absolute atomic E-state index is 0.0823. The van der Waals surface area contributed by atoms with Crippen LogP contribution in [0.1, 0.15) is 40.5 Å². The molecule has 1 aliphatic carbocycles. The van der Waals surface area contributed by atoms with Gasteiger partial charge in [-0.2, -0.15) is 0 Å². The van der Waals surface area contributed by atoms with Crippen molar-refractivity contribution in [2.45, 2.75) is 58.3 Å². The van der Waals surface area contributed by atoms with Gasteiger partial charge in [0, 0.05) is 19.6 Å². The van der Waals surface area contributed by atoms with Crippen molar-refractivity contribution in [3.05, 3.63) is 0 Å². The summed E-state index contributed by atoms with van der Waals surface area (Å²) in [6.07, 6.45) is 2.66. The normalized spacial score (nSPS) is 29.9. The first kappa shape index (κ1) is 16.7. The molecule has 0 aromatic rings. The first-order chi connectivity index (χ1) is 10.0. The van der Waals surface area contributed by atoms with Gasteiger partial charge in [-0.1, -0.05) is 6.92 Å². The number of morpholine rings is 1. The van der Waals surface area contributed by atoms with Gasteiger partial charge in [-0.15, -0.1) is 0 Å². The molecule has 0 radical (unpaired) electrons. The average molecular weight is 298 g/mol. The Morgan fingerprint density at radius 2 is 1.90 bits per heavy atom. The molecule has 0 bridgehead atoms. The first-order valence-electron chi connectivity index (χ1n) is 8.31. The molecule has 21 heavy (non-hydrogen) atoms. The Labute approximate surface area is 128 Å². The molecule has 1 heterocycles. The van der Waals surface area contributed by atoms with E-state index in [2.05, 4.69) is 31.0 Å². The zero-order valence-corrected chi connectivity index (χ0v) is 13.9. The Balaban J connectivity index is 2.12. The van der Waals surface area contributed by atoms with Gasteiger partial charge in [-0.25, -0.2) is 4.79 Å². The van der Waals surface area contributed by atoms with Crippen molar-refractivity contribution < 1.29 is 14.3 Å². The van der Waals surface area contributed by atoms with Gasteiger partial charge in [0.1, 0.15) is 5.54 Å². The summed E-state index contributed by atoms with van der Waals surface area (Å²) in [5.74, 6) is 0.325. The third kappa shape index (κ3) is 3.96. The van der Waals surface area contributed by atoms with Crippen LogP contribution >= 0.6 is 0 Å². The summed E-state index contributed by atoms with van der Waals surface area (Å²) in [7, 11) is 0. The summed E-state index contributed by atoms with van der Waals surface area (Å²) in [5.41, 5.74) is -0.540. The SMILES string of the molecule is CCNC(CN1CC(C)OC(C)C1)(C(=O)OCC)C1CC1. The maximum Gasteiger partial charge on any atom is 0.327 e. The maximum absolute atomic E-state index is 12.6. The predicted octanol–water partition coefficient (Wildman–Crippen LogP) is 1.42. The number of hydrogen-bond acceptors (Lipinski definition) is 5. The number of carbonyl (C=O) groups is 1. The van der Waals surface area contributed by atoms with Crippen LogP contribution in [0.3, 0.4) is 0 Å². The minimum atomic E-state index is -0.540. The largest absolute Gasteiger partial charge is 0.465 e. The molecule has 1 saturated carbocycles. The predicted molar refractivity (Wildman–Crippen MR) is 82.2 cm³/mol. The van der Waals surface area contributed by atoms with Gasteiger partial charge in [0.15, 0.2) is 0 Å².